The van der Waals surface area contributed by atoms with Gasteiger partial charge in [-0.05, 0) is 37.7 Å². The van der Waals surface area contributed by atoms with E-state index in [4.69, 9.17) is 4.74 Å². The van der Waals surface area contributed by atoms with Crippen LogP contribution < -0.4 is 5.32 Å². The first kappa shape index (κ1) is 14.3. The van der Waals surface area contributed by atoms with Crippen molar-refractivity contribution in [2.75, 3.05) is 33.3 Å². The lowest BCUT2D eigenvalue weighted by Gasteiger charge is -2.35. The van der Waals surface area contributed by atoms with Crippen molar-refractivity contribution in [3.05, 3.63) is 29.8 Å². The zero-order chi connectivity index (χ0) is 13.7. The van der Waals surface area contributed by atoms with Crippen molar-refractivity contribution in [3.8, 4) is 5.75 Å². The Morgan fingerprint density at radius 3 is 3.05 bits per heavy atom. The van der Waals surface area contributed by atoms with E-state index in [-0.39, 0.29) is 12.1 Å². The summed E-state index contributed by atoms with van der Waals surface area (Å²) in [6, 6.07) is 7.76. The van der Waals surface area contributed by atoms with Gasteiger partial charge in [0.05, 0.1) is 12.7 Å². The molecule has 1 aliphatic heterocycles. The van der Waals surface area contributed by atoms with Crippen LogP contribution >= 0.6 is 0 Å². The molecule has 0 aromatic heterocycles. The van der Waals surface area contributed by atoms with Crippen LogP contribution in [0.3, 0.4) is 0 Å². The highest BCUT2D eigenvalue weighted by Gasteiger charge is 2.26. The van der Waals surface area contributed by atoms with E-state index in [1.54, 1.807) is 6.07 Å². The lowest BCUT2D eigenvalue weighted by Crippen LogP contribution is -2.52. The maximum atomic E-state index is 9.55. The molecule has 19 heavy (non-hydrogen) atoms. The predicted octanol–water partition coefficient (Wildman–Crippen LogP) is 1.24. The molecule has 2 N–H and O–H groups in total. The normalized spacial score (nSPS) is 22.3. The van der Waals surface area contributed by atoms with Crippen LogP contribution in [0.2, 0.25) is 0 Å². The molecule has 1 heterocycles. The van der Waals surface area contributed by atoms with Crippen LogP contribution in [0.15, 0.2) is 24.3 Å². The molecule has 2 unspecified atom stereocenters. The summed E-state index contributed by atoms with van der Waals surface area (Å²) in [6.45, 7) is 5.79. The second kappa shape index (κ2) is 6.89. The van der Waals surface area contributed by atoms with Gasteiger partial charge in [0.1, 0.15) is 5.75 Å². The van der Waals surface area contributed by atoms with Crippen molar-refractivity contribution in [2.45, 2.75) is 25.5 Å². The molecule has 2 rings (SSSR count). The molecule has 1 aliphatic rings. The van der Waals surface area contributed by atoms with Gasteiger partial charge in [0, 0.05) is 19.1 Å². The summed E-state index contributed by atoms with van der Waals surface area (Å²) in [5.74, 6) is 0.328. The fourth-order valence-corrected chi connectivity index (χ4v) is 2.59. The van der Waals surface area contributed by atoms with Crippen molar-refractivity contribution >= 4 is 0 Å². The van der Waals surface area contributed by atoms with Gasteiger partial charge in [0.15, 0.2) is 0 Å². The largest absolute Gasteiger partial charge is 0.508 e. The molecule has 0 amide bonds. The Balaban J connectivity index is 2.02. The number of phenols is 1. The summed E-state index contributed by atoms with van der Waals surface area (Å²) < 4.78 is 5.90. The Morgan fingerprint density at radius 2 is 2.37 bits per heavy atom. The number of nitrogens with one attached hydrogen (secondary N) is 1. The first-order valence-corrected chi connectivity index (χ1v) is 7.00. The van der Waals surface area contributed by atoms with Crippen molar-refractivity contribution in [2.24, 2.45) is 0 Å². The van der Waals surface area contributed by atoms with Crippen LogP contribution in [0.4, 0.5) is 0 Å². The number of benzene rings is 1. The SMILES string of the molecule is CCNC(Cc1cccc(O)c1)C1CN(C)CCO1. The number of likely N-dealkylation sites (N-methyl/N-ethyl adjacent to an activating group) is 2. The van der Waals surface area contributed by atoms with Crippen molar-refractivity contribution < 1.29 is 9.84 Å². The maximum Gasteiger partial charge on any atom is 0.115 e. The van der Waals surface area contributed by atoms with Gasteiger partial charge in [-0.3, -0.25) is 0 Å². The number of nitrogens with zero attached hydrogens (tertiary/aromatic N) is 1. The van der Waals surface area contributed by atoms with Crippen LogP contribution in [0.25, 0.3) is 0 Å². The molecule has 0 radical (unpaired) electrons. The van der Waals surface area contributed by atoms with Gasteiger partial charge in [-0.2, -0.15) is 0 Å². The van der Waals surface area contributed by atoms with Crippen molar-refractivity contribution in [1.29, 1.82) is 0 Å². The minimum atomic E-state index is 0.209. The van der Waals surface area contributed by atoms with Gasteiger partial charge in [-0.1, -0.05) is 19.1 Å². The number of rotatable bonds is 5. The van der Waals surface area contributed by atoms with E-state index < -0.39 is 0 Å². The standard InChI is InChI=1S/C15H24N2O2/c1-3-16-14(15-11-17(2)7-8-19-15)10-12-5-4-6-13(18)9-12/h4-6,9,14-16,18H,3,7-8,10-11H2,1-2H3. The third kappa shape index (κ3) is 4.20. The van der Waals surface area contributed by atoms with Crippen molar-refractivity contribution in [3.63, 3.8) is 0 Å². The zero-order valence-electron chi connectivity index (χ0n) is 11.8. The Kier molecular flexibility index (Phi) is 5.19. The van der Waals surface area contributed by atoms with E-state index in [0.717, 1.165) is 38.2 Å². The molecule has 1 fully saturated rings. The fourth-order valence-electron chi connectivity index (χ4n) is 2.59. The van der Waals surface area contributed by atoms with Gasteiger partial charge < -0.3 is 20.1 Å². The van der Waals surface area contributed by atoms with E-state index in [1.165, 1.54) is 0 Å². The Hall–Kier alpha value is -1.10. The third-order valence-electron chi connectivity index (χ3n) is 3.58. The Bertz CT molecular complexity index is 397. The van der Waals surface area contributed by atoms with E-state index in [0.29, 0.717) is 5.75 Å². The van der Waals surface area contributed by atoms with Gasteiger partial charge >= 0.3 is 0 Å². The molecular weight excluding hydrogens is 240 g/mol. The average Bonchev–Trinajstić information content (AvgIpc) is 2.38. The van der Waals surface area contributed by atoms with Crippen LogP contribution in [-0.4, -0.2) is 55.4 Å². The van der Waals surface area contributed by atoms with Gasteiger partial charge in [-0.25, -0.2) is 0 Å². The van der Waals surface area contributed by atoms with Crippen LogP contribution in [0, 0.1) is 0 Å². The lowest BCUT2D eigenvalue weighted by molar-refractivity contribution is -0.0381. The van der Waals surface area contributed by atoms with E-state index in [2.05, 4.69) is 30.3 Å². The fraction of sp³-hybridized carbons (Fsp3) is 0.600. The van der Waals surface area contributed by atoms with E-state index in [1.807, 2.05) is 12.1 Å². The van der Waals surface area contributed by atoms with Crippen LogP contribution in [0.5, 0.6) is 5.75 Å². The minimum Gasteiger partial charge on any atom is -0.508 e. The summed E-state index contributed by atoms with van der Waals surface area (Å²) >= 11 is 0. The average molecular weight is 264 g/mol. The molecule has 4 nitrogen and oxygen atoms in total. The quantitative estimate of drug-likeness (QED) is 0.840. The molecule has 0 bridgehead atoms. The second-order valence-corrected chi connectivity index (χ2v) is 5.21. The van der Waals surface area contributed by atoms with Crippen molar-refractivity contribution in [1.82, 2.24) is 10.2 Å². The smallest absolute Gasteiger partial charge is 0.115 e. The van der Waals surface area contributed by atoms with Crippen LogP contribution in [-0.2, 0) is 11.2 Å². The summed E-state index contributed by atoms with van der Waals surface area (Å²) in [7, 11) is 2.13. The molecule has 1 saturated heterocycles. The minimum absolute atomic E-state index is 0.209. The molecule has 1 aromatic carbocycles. The summed E-state index contributed by atoms with van der Waals surface area (Å²) in [5, 5.41) is 13.1. The topological polar surface area (TPSA) is 44.7 Å². The molecule has 2 atom stereocenters. The highest BCUT2D eigenvalue weighted by molar-refractivity contribution is 5.27. The van der Waals surface area contributed by atoms with E-state index in [9.17, 15) is 5.11 Å². The maximum absolute atomic E-state index is 9.55. The molecular formula is C15H24N2O2. The Morgan fingerprint density at radius 1 is 1.53 bits per heavy atom. The third-order valence-corrected chi connectivity index (χ3v) is 3.58. The number of phenolic OH excluding ortho intramolecular Hbond substituents is 1. The number of morpholine rings is 1. The van der Waals surface area contributed by atoms with Gasteiger partial charge in [-0.15, -0.1) is 0 Å². The number of hydrogen-bond acceptors (Lipinski definition) is 4. The molecule has 0 saturated carbocycles. The number of ether oxygens (including phenoxy) is 1. The second-order valence-electron chi connectivity index (χ2n) is 5.21. The van der Waals surface area contributed by atoms with Crippen LogP contribution in [0.1, 0.15) is 12.5 Å². The Labute approximate surface area is 115 Å². The first-order valence-electron chi connectivity index (χ1n) is 7.00. The first-order chi connectivity index (χ1) is 9.19. The molecule has 0 aliphatic carbocycles. The summed E-state index contributed by atoms with van der Waals surface area (Å²) in [5.41, 5.74) is 1.14. The molecule has 1 aromatic rings. The predicted molar refractivity (Wildman–Crippen MR) is 76.5 cm³/mol. The summed E-state index contributed by atoms with van der Waals surface area (Å²) in [6.07, 6.45) is 1.09. The van der Waals surface area contributed by atoms with Gasteiger partial charge in [0.2, 0.25) is 0 Å². The lowest BCUT2D eigenvalue weighted by atomic mass is 10.00. The highest BCUT2D eigenvalue weighted by Crippen LogP contribution is 2.16. The van der Waals surface area contributed by atoms with Gasteiger partial charge in [0.25, 0.3) is 0 Å². The summed E-state index contributed by atoms with van der Waals surface area (Å²) in [4.78, 5) is 2.31. The van der Waals surface area contributed by atoms with E-state index >= 15 is 0 Å². The number of hydrogen-bond donors (Lipinski definition) is 2. The molecule has 0 spiro atoms. The molecule has 4 heteroatoms. The number of aromatic hydroxyl groups is 1. The monoisotopic (exact) mass is 264 g/mol. The highest BCUT2D eigenvalue weighted by atomic mass is 16.5. The zero-order valence-corrected chi connectivity index (χ0v) is 11.8. The molecule has 106 valence electrons.